The number of nitrogens with zero attached hydrogens (tertiary/aromatic N) is 1. The summed E-state index contributed by atoms with van der Waals surface area (Å²) in [4.78, 5) is 23.0. The van der Waals surface area contributed by atoms with Gasteiger partial charge in [-0.3, -0.25) is 4.79 Å². The van der Waals surface area contributed by atoms with Crippen molar-refractivity contribution in [2.45, 2.75) is 19.3 Å². The number of carbonyl (C=O) groups is 2. The van der Waals surface area contributed by atoms with Crippen LogP contribution in [0.1, 0.15) is 34.3 Å². The molecule has 1 amide bonds. The number of nitrogens with one attached hydrogen (secondary N) is 1. The van der Waals surface area contributed by atoms with Gasteiger partial charge in [0.1, 0.15) is 0 Å². The first kappa shape index (κ1) is 17.4. The number of aryl methyl sites for hydroxylation is 1. The van der Waals surface area contributed by atoms with Gasteiger partial charge in [0.05, 0.1) is 18.9 Å². The van der Waals surface area contributed by atoms with Crippen molar-refractivity contribution >= 4 is 18.1 Å². The average molecular weight is 324 g/mol. The van der Waals surface area contributed by atoms with Crippen LogP contribution >= 0.6 is 0 Å². The lowest BCUT2D eigenvalue weighted by Crippen LogP contribution is -2.17. The number of methoxy groups -OCH3 is 1. The zero-order valence-electron chi connectivity index (χ0n) is 13.6. The number of carbonyl (C=O) groups excluding carboxylic acids is 2. The van der Waals surface area contributed by atoms with Gasteiger partial charge in [0.15, 0.2) is 0 Å². The molecule has 1 N–H and O–H groups in total. The Balaban J connectivity index is 1.72. The van der Waals surface area contributed by atoms with Crippen LogP contribution in [-0.2, 0) is 16.0 Å². The Morgan fingerprint density at radius 3 is 2.46 bits per heavy atom. The molecule has 2 rings (SSSR count). The van der Waals surface area contributed by atoms with Crippen LogP contribution in [-0.4, -0.2) is 25.2 Å². The minimum Gasteiger partial charge on any atom is -0.465 e. The first-order valence-electron chi connectivity index (χ1n) is 7.73. The van der Waals surface area contributed by atoms with Crippen LogP contribution in [0.25, 0.3) is 0 Å². The Morgan fingerprint density at radius 1 is 1.08 bits per heavy atom. The fourth-order valence-corrected chi connectivity index (χ4v) is 2.16. The van der Waals surface area contributed by atoms with Gasteiger partial charge in [-0.1, -0.05) is 42.5 Å². The number of ether oxygens (including phenoxy) is 1. The second kappa shape index (κ2) is 9.25. The van der Waals surface area contributed by atoms with Crippen LogP contribution in [0, 0.1) is 0 Å². The highest BCUT2D eigenvalue weighted by molar-refractivity contribution is 5.90. The van der Waals surface area contributed by atoms with Crippen molar-refractivity contribution in [3.63, 3.8) is 0 Å². The molecule has 5 nitrogen and oxygen atoms in total. The molecule has 124 valence electrons. The number of benzene rings is 2. The first-order valence-corrected chi connectivity index (χ1v) is 7.73. The zero-order chi connectivity index (χ0) is 17.2. The summed E-state index contributed by atoms with van der Waals surface area (Å²) in [5.41, 5.74) is 4.98. The Bertz CT molecular complexity index is 694. The second-order valence-corrected chi connectivity index (χ2v) is 5.25. The van der Waals surface area contributed by atoms with E-state index in [-0.39, 0.29) is 11.9 Å². The molecule has 0 aromatic heterocycles. The number of hydrogen-bond acceptors (Lipinski definition) is 4. The SMILES string of the molecule is COC(=O)c1ccc(/C=N/NC(=O)CCCc2ccccc2)cc1. The maximum atomic E-state index is 11.7. The van der Waals surface area contributed by atoms with Crippen LogP contribution in [0.5, 0.6) is 0 Å². The fourth-order valence-electron chi connectivity index (χ4n) is 2.16. The molecule has 0 fully saturated rings. The molecule has 0 bridgehead atoms. The number of esters is 1. The maximum absolute atomic E-state index is 11.7. The molecule has 0 aliphatic heterocycles. The quantitative estimate of drug-likeness (QED) is 0.484. The molecule has 0 unspecified atom stereocenters. The highest BCUT2D eigenvalue weighted by Crippen LogP contribution is 2.05. The smallest absolute Gasteiger partial charge is 0.337 e. The molecule has 5 heteroatoms. The lowest BCUT2D eigenvalue weighted by Gasteiger charge is -2.01. The summed E-state index contributed by atoms with van der Waals surface area (Å²) in [6.45, 7) is 0. The normalized spacial score (nSPS) is 10.5. The van der Waals surface area contributed by atoms with Crippen molar-refractivity contribution < 1.29 is 14.3 Å². The predicted octanol–water partition coefficient (Wildman–Crippen LogP) is 2.95. The van der Waals surface area contributed by atoms with Gasteiger partial charge in [0.25, 0.3) is 0 Å². The standard InChI is InChI=1S/C19H20N2O3/c1-24-19(23)17-12-10-16(11-13-17)14-20-21-18(22)9-5-8-15-6-3-2-4-7-15/h2-4,6-7,10-14H,5,8-9H2,1H3,(H,21,22)/b20-14+. The van der Waals surface area contributed by atoms with Crippen LogP contribution in [0.15, 0.2) is 59.7 Å². The zero-order valence-corrected chi connectivity index (χ0v) is 13.6. The molecule has 0 saturated heterocycles. The average Bonchev–Trinajstić information content (AvgIpc) is 2.62. The topological polar surface area (TPSA) is 67.8 Å². The van der Waals surface area contributed by atoms with E-state index < -0.39 is 0 Å². The van der Waals surface area contributed by atoms with Crippen molar-refractivity contribution in [3.8, 4) is 0 Å². The van der Waals surface area contributed by atoms with Gasteiger partial charge < -0.3 is 4.74 Å². The summed E-state index contributed by atoms with van der Waals surface area (Å²) in [7, 11) is 1.34. The lowest BCUT2D eigenvalue weighted by atomic mass is 10.1. The van der Waals surface area contributed by atoms with E-state index in [0.717, 1.165) is 18.4 Å². The van der Waals surface area contributed by atoms with Gasteiger partial charge in [-0.15, -0.1) is 0 Å². The molecule has 0 aliphatic carbocycles. The Morgan fingerprint density at radius 2 is 1.79 bits per heavy atom. The minimum atomic E-state index is -0.384. The van der Waals surface area contributed by atoms with Crippen molar-refractivity contribution in [1.29, 1.82) is 0 Å². The van der Waals surface area contributed by atoms with Crippen LogP contribution in [0.2, 0.25) is 0 Å². The van der Waals surface area contributed by atoms with Gasteiger partial charge in [-0.05, 0) is 36.1 Å². The van der Waals surface area contributed by atoms with Crippen molar-refractivity contribution in [2.24, 2.45) is 5.10 Å². The van der Waals surface area contributed by atoms with Crippen LogP contribution in [0.4, 0.5) is 0 Å². The molecule has 0 spiro atoms. The van der Waals surface area contributed by atoms with E-state index in [1.807, 2.05) is 30.3 Å². The number of hydrogen-bond donors (Lipinski definition) is 1. The van der Waals surface area contributed by atoms with E-state index in [2.05, 4.69) is 15.3 Å². The summed E-state index contributed by atoms with van der Waals surface area (Å²) in [5, 5.41) is 3.92. The van der Waals surface area contributed by atoms with Gasteiger partial charge in [-0.25, -0.2) is 10.2 Å². The van der Waals surface area contributed by atoms with E-state index in [0.29, 0.717) is 12.0 Å². The summed E-state index contributed by atoms with van der Waals surface area (Å²) < 4.78 is 4.63. The Kier molecular flexibility index (Phi) is 6.71. The molecule has 0 aliphatic rings. The molecule has 2 aromatic carbocycles. The Labute approximate surface area is 141 Å². The van der Waals surface area contributed by atoms with Crippen molar-refractivity contribution in [3.05, 3.63) is 71.3 Å². The monoisotopic (exact) mass is 324 g/mol. The maximum Gasteiger partial charge on any atom is 0.337 e. The van der Waals surface area contributed by atoms with E-state index in [9.17, 15) is 9.59 Å². The van der Waals surface area contributed by atoms with E-state index >= 15 is 0 Å². The largest absolute Gasteiger partial charge is 0.465 e. The van der Waals surface area contributed by atoms with Gasteiger partial charge in [0.2, 0.25) is 5.91 Å². The van der Waals surface area contributed by atoms with Gasteiger partial charge in [0, 0.05) is 6.42 Å². The lowest BCUT2D eigenvalue weighted by molar-refractivity contribution is -0.121. The summed E-state index contributed by atoms with van der Waals surface area (Å²) in [6, 6.07) is 16.8. The number of hydrazone groups is 1. The predicted molar refractivity (Wildman–Crippen MR) is 92.9 cm³/mol. The minimum absolute atomic E-state index is 0.117. The van der Waals surface area contributed by atoms with Crippen molar-refractivity contribution in [1.82, 2.24) is 5.43 Å². The molecule has 2 aromatic rings. The summed E-state index contributed by atoms with van der Waals surface area (Å²) in [6.07, 6.45) is 3.61. The molecular weight excluding hydrogens is 304 g/mol. The van der Waals surface area contributed by atoms with E-state index in [1.54, 1.807) is 24.3 Å². The third-order valence-corrected chi connectivity index (χ3v) is 3.45. The fraction of sp³-hybridized carbons (Fsp3) is 0.211. The number of rotatable bonds is 7. The van der Waals surface area contributed by atoms with Gasteiger partial charge >= 0.3 is 5.97 Å². The van der Waals surface area contributed by atoms with E-state index in [1.165, 1.54) is 18.9 Å². The van der Waals surface area contributed by atoms with Crippen LogP contribution < -0.4 is 5.43 Å². The Hall–Kier alpha value is -2.95. The third kappa shape index (κ3) is 5.68. The van der Waals surface area contributed by atoms with Gasteiger partial charge in [-0.2, -0.15) is 5.10 Å². The highest BCUT2D eigenvalue weighted by Gasteiger charge is 2.03. The molecular formula is C19H20N2O3. The molecule has 24 heavy (non-hydrogen) atoms. The summed E-state index contributed by atoms with van der Waals surface area (Å²) in [5.74, 6) is -0.501. The molecule has 0 radical (unpaired) electrons. The second-order valence-electron chi connectivity index (χ2n) is 5.25. The van der Waals surface area contributed by atoms with Crippen LogP contribution in [0.3, 0.4) is 0 Å². The van der Waals surface area contributed by atoms with E-state index in [4.69, 9.17) is 0 Å². The summed E-state index contributed by atoms with van der Waals surface area (Å²) >= 11 is 0. The highest BCUT2D eigenvalue weighted by atomic mass is 16.5. The molecule has 0 saturated carbocycles. The first-order chi connectivity index (χ1) is 11.7. The molecule has 0 atom stereocenters. The molecule has 0 heterocycles. The van der Waals surface area contributed by atoms with Crippen molar-refractivity contribution in [2.75, 3.05) is 7.11 Å². The third-order valence-electron chi connectivity index (χ3n) is 3.45. The number of amides is 1.